The number of carbonyl (C=O) groups is 5. The van der Waals surface area contributed by atoms with Crippen LogP contribution in [-0.2, 0) is 32.1 Å². The second kappa shape index (κ2) is 10.5. The van der Waals surface area contributed by atoms with Crippen molar-refractivity contribution < 1.29 is 39.3 Å². The molecular weight excluding hydrogens is 598 g/mol. The maximum atomic E-state index is 14.6. The summed E-state index contributed by atoms with van der Waals surface area (Å²) in [6.07, 6.45) is -0.723. The lowest BCUT2D eigenvalue weighted by atomic mass is 9.42. The van der Waals surface area contributed by atoms with Gasteiger partial charge in [0.1, 0.15) is 11.7 Å². The van der Waals surface area contributed by atoms with E-state index in [-0.39, 0.29) is 41.3 Å². The molecule has 0 aromatic heterocycles. The molecule has 46 heavy (non-hydrogen) atoms. The smallest absolute Gasteiger partial charge is 0.235 e. The highest BCUT2D eigenvalue weighted by atomic mass is 16.3. The molecule has 2 aromatic carbocycles. The zero-order valence-electron chi connectivity index (χ0n) is 25.6. The number of anilines is 2. The fraction of sp³-hybridized carbons (Fsp3) is 0.419. The standard InChI is InChI=1S/C31H35N7O8/c1-37(2)16-8-15(36-10-13-5-6-17(39)18(40)7-13)22(41)19-14(16)9-29(34)11-31(35)25(38(3)4)24(43)20(28(33)46)26(44)30(31,12-32)27(45)21(29)23(19)42/h5-8,20-21,25,36,39-41H,9-11,34-35H2,1-4H3,(H2,33,46)/t20?,21?,25-,29-,30+,31-/m1/s1. The number of carbonyl (C=O) groups excluding carboxylic acids is 5. The normalized spacial score (nSPS) is 30.3. The number of nitrogens with zero attached hydrogens (tertiary/aromatic N) is 3. The van der Waals surface area contributed by atoms with Gasteiger partial charge in [0.05, 0.1) is 28.9 Å². The molecule has 3 aliphatic rings. The van der Waals surface area contributed by atoms with Crippen molar-refractivity contribution in [3.8, 4) is 23.3 Å². The molecule has 2 fully saturated rings. The molecule has 6 atom stereocenters. The Bertz CT molecular complexity index is 1780. The molecule has 0 aliphatic heterocycles. The lowest BCUT2D eigenvalue weighted by Gasteiger charge is -2.60. The van der Waals surface area contributed by atoms with Crippen LogP contribution in [-0.4, -0.2) is 94.6 Å². The molecule has 0 heterocycles. The number of likely N-dealkylation sites (N-methyl/N-ethyl adjacent to an activating group) is 1. The number of aromatic hydroxyl groups is 3. The molecule has 15 nitrogen and oxygen atoms in total. The van der Waals surface area contributed by atoms with Crippen LogP contribution in [0.1, 0.15) is 27.9 Å². The van der Waals surface area contributed by atoms with E-state index in [1.54, 1.807) is 31.1 Å². The highest BCUT2D eigenvalue weighted by Crippen LogP contribution is 2.57. The quantitative estimate of drug-likeness (QED) is 0.147. The number of ketones is 4. The van der Waals surface area contributed by atoms with E-state index in [1.165, 1.54) is 37.2 Å². The zero-order chi connectivity index (χ0) is 34.3. The highest BCUT2D eigenvalue weighted by Gasteiger charge is 2.78. The van der Waals surface area contributed by atoms with E-state index in [4.69, 9.17) is 17.2 Å². The second-order valence-electron chi connectivity index (χ2n) is 12.8. The van der Waals surface area contributed by atoms with Crippen LogP contribution in [0.2, 0.25) is 0 Å². The van der Waals surface area contributed by atoms with E-state index in [1.807, 2.05) is 0 Å². The van der Waals surface area contributed by atoms with Gasteiger partial charge in [0.15, 0.2) is 46.0 Å². The first-order chi connectivity index (χ1) is 21.4. The number of fused-ring (bicyclic) bond motifs is 3. The van der Waals surface area contributed by atoms with Gasteiger partial charge in [-0.25, -0.2) is 0 Å². The van der Waals surface area contributed by atoms with Crippen LogP contribution in [0.15, 0.2) is 24.3 Å². The summed E-state index contributed by atoms with van der Waals surface area (Å²) >= 11 is 0. The summed E-state index contributed by atoms with van der Waals surface area (Å²) in [5, 5.41) is 44.5. The van der Waals surface area contributed by atoms with Crippen molar-refractivity contribution in [2.75, 3.05) is 38.4 Å². The predicted octanol–water partition coefficient (Wildman–Crippen LogP) is -1.10. The third kappa shape index (κ3) is 4.17. The van der Waals surface area contributed by atoms with Gasteiger partial charge in [-0.05, 0) is 56.3 Å². The number of primary amides is 1. The van der Waals surface area contributed by atoms with Crippen LogP contribution >= 0.6 is 0 Å². The van der Waals surface area contributed by atoms with Gasteiger partial charge in [0.25, 0.3) is 0 Å². The Hall–Kier alpha value is -5.04. The molecule has 0 saturated heterocycles. The van der Waals surface area contributed by atoms with E-state index in [0.717, 1.165) is 0 Å². The number of hydrogen-bond acceptors (Lipinski definition) is 14. The number of benzene rings is 2. The number of hydrogen-bond donors (Lipinski definition) is 7. The van der Waals surface area contributed by atoms with Gasteiger partial charge in [-0.3, -0.25) is 28.9 Å². The Balaban J connectivity index is 1.69. The van der Waals surface area contributed by atoms with Crippen LogP contribution in [0, 0.1) is 28.6 Å². The van der Waals surface area contributed by atoms with Gasteiger partial charge in [0, 0.05) is 31.9 Å². The monoisotopic (exact) mass is 633 g/mol. The van der Waals surface area contributed by atoms with Gasteiger partial charge in [0.2, 0.25) is 5.91 Å². The SMILES string of the molecule is CN(C)c1cc(NCc2ccc(O)c(O)c2)c(O)c2c1C[C@@]1(N)C[C@@]3(N)[C@H](N(C)C)C(=O)C(C(N)=O)C(=O)[C@@]3(C#N)C(=O)C1C2=O. The van der Waals surface area contributed by atoms with Crippen LogP contribution in [0.3, 0.4) is 0 Å². The number of phenols is 3. The summed E-state index contributed by atoms with van der Waals surface area (Å²) in [7, 11) is 6.25. The molecule has 3 aliphatic carbocycles. The number of Topliss-reactive ketones (excluding diaryl/α,β-unsaturated/α-hetero) is 4. The lowest BCUT2D eigenvalue weighted by molar-refractivity contribution is -0.166. The summed E-state index contributed by atoms with van der Waals surface area (Å²) in [4.78, 5) is 71.8. The maximum Gasteiger partial charge on any atom is 0.235 e. The Morgan fingerprint density at radius 2 is 1.70 bits per heavy atom. The molecule has 2 unspecified atom stereocenters. The van der Waals surface area contributed by atoms with Crippen molar-refractivity contribution in [3.05, 3.63) is 41.0 Å². The largest absolute Gasteiger partial charge is 0.505 e. The minimum Gasteiger partial charge on any atom is -0.505 e. The summed E-state index contributed by atoms with van der Waals surface area (Å²) < 4.78 is 0. The van der Waals surface area contributed by atoms with Crippen molar-refractivity contribution in [3.63, 3.8) is 0 Å². The van der Waals surface area contributed by atoms with E-state index in [2.05, 4.69) is 5.32 Å². The first-order valence-corrected chi connectivity index (χ1v) is 14.3. The summed E-state index contributed by atoms with van der Waals surface area (Å²) in [6.45, 7) is 0.0423. The first-order valence-electron chi connectivity index (χ1n) is 14.3. The van der Waals surface area contributed by atoms with Gasteiger partial charge in [-0.2, -0.15) is 5.26 Å². The van der Waals surface area contributed by atoms with Gasteiger partial charge < -0.3 is 42.7 Å². The molecule has 2 aromatic rings. The van der Waals surface area contributed by atoms with Crippen LogP contribution < -0.4 is 27.4 Å². The fourth-order valence-electron chi connectivity index (χ4n) is 7.67. The number of phenolic OH excluding ortho intramolecular Hbond substituents is 3. The van der Waals surface area contributed by atoms with Gasteiger partial charge in [-0.1, -0.05) is 6.07 Å². The fourth-order valence-corrected chi connectivity index (χ4v) is 7.67. The maximum absolute atomic E-state index is 14.6. The number of nitriles is 1. The zero-order valence-corrected chi connectivity index (χ0v) is 25.6. The molecule has 0 bridgehead atoms. The molecule has 5 rings (SSSR count). The average molecular weight is 634 g/mol. The summed E-state index contributed by atoms with van der Waals surface area (Å²) in [5.74, 6) is -11.2. The number of nitrogens with two attached hydrogens (primary N) is 3. The van der Waals surface area contributed by atoms with E-state index in [0.29, 0.717) is 11.3 Å². The van der Waals surface area contributed by atoms with Crippen molar-refractivity contribution in [2.24, 2.45) is 34.5 Å². The van der Waals surface area contributed by atoms with Gasteiger partial charge in [-0.15, -0.1) is 0 Å². The first kappa shape index (κ1) is 32.4. The van der Waals surface area contributed by atoms with Crippen molar-refractivity contribution >= 4 is 40.4 Å². The number of nitrogens with one attached hydrogen (secondary N) is 1. The second-order valence-corrected chi connectivity index (χ2v) is 12.8. The third-order valence-corrected chi connectivity index (χ3v) is 9.57. The van der Waals surface area contributed by atoms with Crippen LogP contribution in [0.4, 0.5) is 11.4 Å². The van der Waals surface area contributed by atoms with E-state index >= 15 is 0 Å². The lowest BCUT2D eigenvalue weighted by Crippen LogP contribution is -2.85. The molecule has 0 spiro atoms. The topological polar surface area (TPSA) is 266 Å². The van der Waals surface area contributed by atoms with E-state index in [9.17, 15) is 44.6 Å². The van der Waals surface area contributed by atoms with Crippen molar-refractivity contribution in [1.29, 1.82) is 5.26 Å². The van der Waals surface area contributed by atoms with Crippen LogP contribution in [0.5, 0.6) is 17.2 Å². The minimum absolute atomic E-state index is 0.0423. The third-order valence-electron chi connectivity index (χ3n) is 9.57. The van der Waals surface area contributed by atoms with Crippen molar-refractivity contribution in [2.45, 2.75) is 36.5 Å². The Morgan fingerprint density at radius 1 is 1.04 bits per heavy atom. The molecule has 1 amide bonds. The molecular formula is C31H35N7O8. The molecule has 10 N–H and O–H groups in total. The van der Waals surface area contributed by atoms with Crippen LogP contribution in [0.25, 0.3) is 0 Å². The Morgan fingerprint density at radius 3 is 2.24 bits per heavy atom. The predicted molar refractivity (Wildman–Crippen MR) is 163 cm³/mol. The molecule has 0 radical (unpaired) electrons. The number of rotatable bonds is 6. The Kier molecular flexibility index (Phi) is 7.39. The minimum atomic E-state index is -2.84. The summed E-state index contributed by atoms with van der Waals surface area (Å²) in [5.41, 5.74) is 13.4. The average Bonchev–Trinajstić information content (AvgIpc) is 2.93. The van der Waals surface area contributed by atoms with Crippen molar-refractivity contribution in [1.82, 2.24) is 4.90 Å². The summed E-state index contributed by atoms with van der Waals surface area (Å²) in [6, 6.07) is 5.89. The Labute approximate surface area is 263 Å². The van der Waals surface area contributed by atoms with Gasteiger partial charge >= 0.3 is 0 Å². The molecule has 15 heteroatoms. The highest BCUT2D eigenvalue weighted by molar-refractivity contribution is 6.33. The van der Waals surface area contributed by atoms with E-state index < -0.39 is 75.6 Å². The molecule has 242 valence electrons. The number of amides is 1. The molecule has 2 saturated carbocycles.